The Morgan fingerprint density at radius 3 is 1.40 bits per heavy atom. The second-order valence-corrected chi connectivity index (χ2v) is 6.97. The van der Waals surface area contributed by atoms with Crippen LogP contribution in [0.1, 0.15) is 64.5 Å². The summed E-state index contributed by atoms with van der Waals surface area (Å²) in [7, 11) is 0. The van der Waals surface area contributed by atoms with E-state index in [4.69, 9.17) is 4.42 Å². The maximum Gasteiger partial charge on any atom is 0.0940 e. The quantitative estimate of drug-likeness (QED) is 0.607. The van der Waals surface area contributed by atoms with Gasteiger partial charge >= 0.3 is 0 Å². The molecule has 1 heterocycles. The molecule has 1 aliphatic carbocycles. The summed E-state index contributed by atoms with van der Waals surface area (Å²) in [4.78, 5) is 0. The molecule has 0 spiro atoms. The normalized spacial score (nSPS) is 26.0. The SMILES string of the molecule is CC(C)(C)C1c2cocc2C1C(C)(C)C. The van der Waals surface area contributed by atoms with E-state index in [1.165, 1.54) is 11.1 Å². The molecular weight excluding hydrogens is 184 g/mol. The summed E-state index contributed by atoms with van der Waals surface area (Å²) in [5.74, 6) is 1.29. The third kappa shape index (κ3) is 1.53. The predicted molar refractivity (Wildman–Crippen MR) is 63.1 cm³/mol. The van der Waals surface area contributed by atoms with Crippen LogP contribution in [0.2, 0.25) is 0 Å². The second kappa shape index (κ2) is 2.90. The first kappa shape index (κ1) is 10.8. The minimum Gasteiger partial charge on any atom is -0.472 e. The van der Waals surface area contributed by atoms with E-state index in [2.05, 4.69) is 41.5 Å². The van der Waals surface area contributed by atoms with Crippen LogP contribution in [0.25, 0.3) is 0 Å². The van der Waals surface area contributed by atoms with Crippen LogP contribution < -0.4 is 0 Å². The van der Waals surface area contributed by atoms with Gasteiger partial charge in [0.05, 0.1) is 12.5 Å². The third-order valence-corrected chi connectivity index (χ3v) is 3.59. The zero-order chi connectivity index (χ0) is 11.4. The largest absolute Gasteiger partial charge is 0.472 e. The molecule has 0 aliphatic heterocycles. The Hall–Kier alpha value is -0.720. The number of fused-ring (bicyclic) bond motifs is 1. The average Bonchev–Trinajstić information content (AvgIpc) is 2.26. The molecule has 84 valence electrons. The highest BCUT2D eigenvalue weighted by Gasteiger charge is 2.50. The van der Waals surface area contributed by atoms with E-state index in [0.29, 0.717) is 22.7 Å². The van der Waals surface area contributed by atoms with E-state index in [1.54, 1.807) is 0 Å². The van der Waals surface area contributed by atoms with Gasteiger partial charge in [-0.1, -0.05) is 41.5 Å². The van der Waals surface area contributed by atoms with E-state index >= 15 is 0 Å². The van der Waals surface area contributed by atoms with Crippen LogP contribution in [-0.2, 0) is 0 Å². The Morgan fingerprint density at radius 1 is 0.800 bits per heavy atom. The topological polar surface area (TPSA) is 13.1 Å². The molecule has 0 amide bonds. The van der Waals surface area contributed by atoms with Gasteiger partial charge in [-0.2, -0.15) is 0 Å². The molecular formula is C14H22O. The summed E-state index contributed by atoms with van der Waals surface area (Å²) in [6.45, 7) is 14.0. The zero-order valence-corrected chi connectivity index (χ0v) is 10.7. The molecule has 1 nitrogen and oxygen atoms in total. The minimum absolute atomic E-state index is 0.328. The molecule has 1 aromatic rings. The molecule has 0 saturated heterocycles. The molecule has 2 rings (SSSR count). The highest BCUT2D eigenvalue weighted by atomic mass is 16.3. The van der Waals surface area contributed by atoms with Gasteiger partial charge in [0.2, 0.25) is 0 Å². The van der Waals surface area contributed by atoms with Crippen molar-refractivity contribution in [2.24, 2.45) is 10.8 Å². The molecule has 1 heteroatoms. The molecule has 0 aromatic carbocycles. The molecule has 1 aliphatic rings. The lowest BCUT2D eigenvalue weighted by atomic mass is 9.52. The Kier molecular flexibility index (Phi) is 2.09. The predicted octanol–water partition coefficient (Wildman–Crippen LogP) is 4.55. The van der Waals surface area contributed by atoms with Crippen molar-refractivity contribution in [2.45, 2.75) is 53.4 Å². The van der Waals surface area contributed by atoms with E-state index in [0.717, 1.165) is 0 Å². The first-order valence-electron chi connectivity index (χ1n) is 5.79. The number of hydrogen-bond acceptors (Lipinski definition) is 1. The van der Waals surface area contributed by atoms with Crippen LogP contribution in [-0.4, -0.2) is 0 Å². The first-order valence-corrected chi connectivity index (χ1v) is 5.79. The molecule has 0 N–H and O–H groups in total. The van der Waals surface area contributed by atoms with Gasteiger partial charge in [-0.05, 0) is 33.8 Å². The maximum atomic E-state index is 5.36. The lowest BCUT2D eigenvalue weighted by Crippen LogP contribution is -2.39. The van der Waals surface area contributed by atoms with E-state index in [-0.39, 0.29) is 0 Å². The van der Waals surface area contributed by atoms with Crippen LogP contribution in [0.5, 0.6) is 0 Å². The minimum atomic E-state index is 0.328. The summed E-state index contributed by atoms with van der Waals surface area (Å²) in [5, 5.41) is 0. The molecule has 0 saturated carbocycles. The number of hydrogen-bond donors (Lipinski definition) is 0. The first-order chi connectivity index (χ1) is 6.73. The fourth-order valence-corrected chi connectivity index (χ4v) is 3.02. The van der Waals surface area contributed by atoms with Crippen LogP contribution in [0.4, 0.5) is 0 Å². The average molecular weight is 206 g/mol. The fourth-order valence-electron chi connectivity index (χ4n) is 3.02. The highest BCUT2D eigenvalue weighted by molar-refractivity contribution is 5.44. The molecule has 1 aromatic heterocycles. The lowest BCUT2D eigenvalue weighted by Gasteiger charge is -2.50. The zero-order valence-electron chi connectivity index (χ0n) is 10.7. The number of furan rings is 1. The van der Waals surface area contributed by atoms with Crippen molar-refractivity contribution < 1.29 is 4.42 Å². The van der Waals surface area contributed by atoms with E-state index in [1.807, 2.05) is 12.5 Å². The Labute approximate surface area is 92.9 Å². The van der Waals surface area contributed by atoms with Gasteiger partial charge in [0.1, 0.15) is 0 Å². The summed E-state index contributed by atoms with van der Waals surface area (Å²) >= 11 is 0. The van der Waals surface area contributed by atoms with Gasteiger partial charge in [0.15, 0.2) is 0 Å². The van der Waals surface area contributed by atoms with Gasteiger partial charge < -0.3 is 4.42 Å². The van der Waals surface area contributed by atoms with E-state index < -0.39 is 0 Å². The van der Waals surface area contributed by atoms with Crippen molar-refractivity contribution in [3.63, 3.8) is 0 Å². The molecule has 2 unspecified atom stereocenters. The van der Waals surface area contributed by atoms with Crippen LogP contribution in [0.15, 0.2) is 16.9 Å². The van der Waals surface area contributed by atoms with Gasteiger partial charge in [-0.15, -0.1) is 0 Å². The molecule has 15 heavy (non-hydrogen) atoms. The van der Waals surface area contributed by atoms with Gasteiger partial charge in [-0.3, -0.25) is 0 Å². The Balaban J connectivity index is 2.42. The van der Waals surface area contributed by atoms with Crippen molar-refractivity contribution in [1.82, 2.24) is 0 Å². The fraction of sp³-hybridized carbons (Fsp3) is 0.714. The monoisotopic (exact) mass is 206 g/mol. The molecule has 0 bridgehead atoms. The smallest absolute Gasteiger partial charge is 0.0940 e. The van der Waals surface area contributed by atoms with Gasteiger partial charge in [0.25, 0.3) is 0 Å². The van der Waals surface area contributed by atoms with Gasteiger partial charge in [-0.25, -0.2) is 0 Å². The lowest BCUT2D eigenvalue weighted by molar-refractivity contribution is 0.156. The van der Waals surface area contributed by atoms with Crippen molar-refractivity contribution in [2.75, 3.05) is 0 Å². The summed E-state index contributed by atoms with van der Waals surface area (Å²) in [5.41, 5.74) is 3.52. The third-order valence-electron chi connectivity index (χ3n) is 3.59. The van der Waals surface area contributed by atoms with Gasteiger partial charge in [0, 0.05) is 0 Å². The van der Waals surface area contributed by atoms with E-state index in [9.17, 15) is 0 Å². The second-order valence-electron chi connectivity index (χ2n) is 6.97. The van der Waals surface area contributed by atoms with Crippen LogP contribution in [0.3, 0.4) is 0 Å². The van der Waals surface area contributed by atoms with Crippen LogP contribution in [0, 0.1) is 10.8 Å². The van der Waals surface area contributed by atoms with Crippen molar-refractivity contribution in [3.05, 3.63) is 23.7 Å². The highest BCUT2D eigenvalue weighted by Crippen LogP contribution is 2.61. The summed E-state index contributed by atoms with van der Waals surface area (Å²) in [6.07, 6.45) is 3.88. The van der Waals surface area contributed by atoms with Crippen molar-refractivity contribution >= 4 is 0 Å². The molecule has 2 atom stereocenters. The standard InChI is InChI=1S/C14H22O/c1-13(2,3)11-9-7-15-8-10(9)12(11)14(4,5)6/h7-8,11-12H,1-6H3. The molecule has 0 fully saturated rings. The Bertz CT molecular complexity index is 325. The van der Waals surface area contributed by atoms with Crippen molar-refractivity contribution in [3.8, 4) is 0 Å². The van der Waals surface area contributed by atoms with Crippen LogP contribution >= 0.6 is 0 Å². The maximum absolute atomic E-state index is 5.36. The summed E-state index contributed by atoms with van der Waals surface area (Å²) in [6, 6.07) is 0. The Morgan fingerprint density at radius 2 is 1.13 bits per heavy atom. The summed E-state index contributed by atoms with van der Waals surface area (Å²) < 4.78 is 5.36. The number of rotatable bonds is 0. The molecule has 0 radical (unpaired) electrons. The van der Waals surface area contributed by atoms with Crippen molar-refractivity contribution in [1.29, 1.82) is 0 Å².